The molecule has 1 N–H and O–H groups in total. The highest BCUT2D eigenvalue weighted by molar-refractivity contribution is 6.31. The zero-order chi connectivity index (χ0) is 14.6. The molecule has 1 aromatic rings. The van der Waals surface area contributed by atoms with Crippen molar-refractivity contribution in [2.24, 2.45) is 0 Å². The molecular formula is C12H13ClF5N. The summed E-state index contributed by atoms with van der Waals surface area (Å²) in [5, 5.41) is 2.41. The summed E-state index contributed by atoms with van der Waals surface area (Å²) in [6.45, 7) is 2.10. The van der Waals surface area contributed by atoms with Gasteiger partial charge in [-0.05, 0) is 30.7 Å². The Morgan fingerprint density at radius 1 is 1.21 bits per heavy atom. The van der Waals surface area contributed by atoms with Crippen molar-refractivity contribution in [1.82, 2.24) is 5.32 Å². The summed E-state index contributed by atoms with van der Waals surface area (Å²) in [6.07, 6.45) is -5.02. The molecular weight excluding hydrogens is 289 g/mol. The summed E-state index contributed by atoms with van der Waals surface area (Å²) in [4.78, 5) is 0. The van der Waals surface area contributed by atoms with Crippen LogP contribution in [0.5, 0.6) is 0 Å². The molecule has 0 bridgehead atoms. The van der Waals surface area contributed by atoms with Gasteiger partial charge in [-0.3, -0.25) is 0 Å². The van der Waals surface area contributed by atoms with E-state index in [4.69, 9.17) is 11.6 Å². The molecule has 0 heterocycles. The van der Waals surface area contributed by atoms with E-state index in [1.165, 1.54) is 0 Å². The van der Waals surface area contributed by atoms with Crippen LogP contribution in [-0.4, -0.2) is 12.7 Å². The predicted octanol–water partition coefficient (Wildman–Crippen LogP) is 4.61. The van der Waals surface area contributed by atoms with Gasteiger partial charge >= 0.3 is 6.18 Å². The van der Waals surface area contributed by atoms with Crippen molar-refractivity contribution in [3.05, 3.63) is 34.4 Å². The normalized spacial score (nSPS) is 13.6. The third-order valence-corrected chi connectivity index (χ3v) is 2.82. The molecule has 0 aliphatic rings. The molecule has 1 atom stereocenters. The van der Waals surface area contributed by atoms with E-state index in [0.29, 0.717) is 25.1 Å². The summed E-state index contributed by atoms with van der Waals surface area (Å²) < 4.78 is 63.5. The van der Waals surface area contributed by atoms with Gasteiger partial charge in [0.05, 0.1) is 6.42 Å². The highest BCUT2D eigenvalue weighted by atomic mass is 35.5. The number of benzene rings is 1. The Balaban J connectivity index is 3.06. The first-order chi connectivity index (χ1) is 8.74. The Kier molecular flexibility index (Phi) is 5.55. The summed E-state index contributed by atoms with van der Waals surface area (Å²) in [5.74, 6) is -2.40. The zero-order valence-corrected chi connectivity index (χ0v) is 10.9. The fourth-order valence-corrected chi connectivity index (χ4v) is 1.93. The van der Waals surface area contributed by atoms with Gasteiger partial charge in [0.2, 0.25) is 0 Å². The van der Waals surface area contributed by atoms with Crippen LogP contribution in [0.15, 0.2) is 12.1 Å². The van der Waals surface area contributed by atoms with Crippen LogP contribution in [0.1, 0.15) is 31.4 Å². The van der Waals surface area contributed by atoms with Gasteiger partial charge in [-0.1, -0.05) is 18.5 Å². The largest absolute Gasteiger partial charge is 0.390 e. The number of nitrogens with one attached hydrogen (secondary N) is 1. The number of halogens is 6. The van der Waals surface area contributed by atoms with Crippen LogP contribution in [0, 0.1) is 11.6 Å². The van der Waals surface area contributed by atoms with Crippen molar-refractivity contribution in [2.75, 3.05) is 6.54 Å². The van der Waals surface area contributed by atoms with E-state index < -0.39 is 30.3 Å². The lowest BCUT2D eigenvalue weighted by Gasteiger charge is -2.21. The Morgan fingerprint density at radius 2 is 1.79 bits per heavy atom. The van der Waals surface area contributed by atoms with E-state index >= 15 is 0 Å². The molecule has 1 unspecified atom stereocenters. The van der Waals surface area contributed by atoms with Gasteiger partial charge in [0.25, 0.3) is 0 Å². The van der Waals surface area contributed by atoms with Gasteiger partial charge in [-0.25, -0.2) is 8.78 Å². The van der Waals surface area contributed by atoms with Crippen LogP contribution in [0.25, 0.3) is 0 Å². The molecule has 108 valence electrons. The lowest BCUT2D eigenvalue weighted by atomic mass is 10.0. The second kappa shape index (κ2) is 6.52. The lowest BCUT2D eigenvalue weighted by molar-refractivity contribution is -0.140. The fraction of sp³-hybridized carbons (Fsp3) is 0.500. The van der Waals surface area contributed by atoms with Gasteiger partial charge < -0.3 is 5.32 Å². The van der Waals surface area contributed by atoms with Crippen molar-refractivity contribution in [1.29, 1.82) is 0 Å². The molecule has 0 spiro atoms. The number of rotatable bonds is 5. The smallest absolute Gasteiger partial charge is 0.310 e. The molecule has 1 rings (SSSR count). The van der Waals surface area contributed by atoms with Crippen molar-refractivity contribution < 1.29 is 22.0 Å². The first-order valence-corrected chi connectivity index (χ1v) is 6.07. The molecule has 1 nitrogen and oxygen atoms in total. The van der Waals surface area contributed by atoms with E-state index in [9.17, 15) is 22.0 Å². The van der Waals surface area contributed by atoms with Crippen LogP contribution in [-0.2, 0) is 0 Å². The number of hydrogen-bond donors (Lipinski definition) is 1. The van der Waals surface area contributed by atoms with E-state index in [1.54, 1.807) is 6.92 Å². The van der Waals surface area contributed by atoms with Gasteiger partial charge in [0, 0.05) is 11.1 Å². The van der Waals surface area contributed by atoms with Crippen molar-refractivity contribution in [2.45, 2.75) is 32.0 Å². The first-order valence-electron chi connectivity index (χ1n) is 5.69. The van der Waals surface area contributed by atoms with Crippen LogP contribution in [0.2, 0.25) is 5.02 Å². The lowest BCUT2D eigenvalue weighted by Crippen LogP contribution is -2.27. The van der Waals surface area contributed by atoms with E-state index in [0.717, 1.165) is 0 Å². The zero-order valence-electron chi connectivity index (χ0n) is 10.1. The van der Waals surface area contributed by atoms with Crippen molar-refractivity contribution in [3.63, 3.8) is 0 Å². The molecule has 0 radical (unpaired) electrons. The maximum Gasteiger partial charge on any atom is 0.390 e. The minimum Gasteiger partial charge on any atom is -0.310 e. The minimum atomic E-state index is -4.43. The maximum atomic E-state index is 13.1. The van der Waals surface area contributed by atoms with Gasteiger partial charge in [-0.15, -0.1) is 0 Å². The molecule has 0 aromatic heterocycles. The van der Waals surface area contributed by atoms with Crippen molar-refractivity contribution in [3.8, 4) is 0 Å². The highest BCUT2D eigenvalue weighted by Crippen LogP contribution is 2.33. The standard InChI is InChI=1S/C12H13ClF5N/c1-2-3-19-11(6-12(16,17)18)7-4-9(14)10(15)5-8(7)13/h4-5,11,19H,2-3,6H2,1H3. The molecule has 0 aliphatic heterocycles. The molecule has 0 saturated heterocycles. The molecule has 0 saturated carbocycles. The van der Waals surface area contributed by atoms with E-state index in [-0.39, 0.29) is 10.6 Å². The number of alkyl halides is 3. The minimum absolute atomic E-state index is 0.0914. The summed E-state index contributed by atoms with van der Waals surface area (Å²) in [5.41, 5.74) is -0.0914. The Morgan fingerprint density at radius 3 is 2.32 bits per heavy atom. The first kappa shape index (κ1) is 16.2. The SMILES string of the molecule is CCCNC(CC(F)(F)F)c1cc(F)c(F)cc1Cl. The highest BCUT2D eigenvalue weighted by Gasteiger charge is 2.33. The van der Waals surface area contributed by atoms with Crippen molar-refractivity contribution >= 4 is 11.6 Å². The summed E-state index contributed by atoms with van der Waals surface area (Å²) in [7, 11) is 0. The summed E-state index contributed by atoms with van der Waals surface area (Å²) >= 11 is 5.69. The van der Waals surface area contributed by atoms with E-state index in [1.807, 2.05) is 0 Å². The summed E-state index contributed by atoms with van der Waals surface area (Å²) in [6, 6.07) is 0.197. The monoisotopic (exact) mass is 301 g/mol. The van der Waals surface area contributed by atoms with Gasteiger partial charge in [0.15, 0.2) is 11.6 Å². The third-order valence-electron chi connectivity index (χ3n) is 2.49. The predicted molar refractivity (Wildman–Crippen MR) is 63.1 cm³/mol. The van der Waals surface area contributed by atoms with E-state index in [2.05, 4.69) is 5.32 Å². The van der Waals surface area contributed by atoms with Crippen LogP contribution >= 0.6 is 11.6 Å². The fourth-order valence-electron chi connectivity index (χ4n) is 1.65. The average Bonchev–Trinajstić information content (AvgIpc) is 2.28. The Bertz CT molecular complexity index is 433. The van der Waals surface area contributed by atoms with Crippen LogP contribution in [0.4, 0.5) is 22.0 Å². The quantitative estimate of drug-likeness (QED) is 0.618. The second-order valence-electron chi connectivity index (χ2n) is 4.11. The third kappa shape index (κ3) is 4.95. The Hall–Kier alpha value is -0.880. The van der Waals surface area contributed by atoms with Crippen LogP contribution in [0.3, 0.4) is 0 Å². The topological polar surface area (TPSA) is 12.0 Å². The molecule has 19 heavy (non-hydrogen) atoms. The molecule has 0 fully saturated rings. The second-order valence-corrected chi connectivity index (χ2v) is 4.52. The molecule has 0 aliphatic carbocycles. The molecule has 7 heteroatoms. The molecule has 0 amide bonds. The van der Waals surface area contributed by atoms with Gasteiger partial charge in [-0.2, -0.15) is 13.2 Å². The number of hydrogen-bond acceptors (Lipinski definition) is 1. The van der Waals surface area contributed by atoms with Gasteiger partial charge in [0.1, 0.15) is 0 Å². The maximum absolute atomic E-state index is 13.1. The van der Waals surface area contributed by atoms with Crippen LogP contribution < -0.4 is 5.32 Å². The molecule has 1 aromatic carbocycles. The average molecular weight is 302 g/mol. The Labute approximate surface area is 112 Å².